The summed E-state index contributed by atoms with van der Waals surface area (Å²) in [4.78, 5) is 27.0. The van der Waals surface area contributed by atoms with E-state index >= 15 is 0 Å². The molecule has 1 fully saturated rings. The maximum atomic E-state index is 12.1. The molecule has 21 heavy (non-hydrogen) atoms. The van der Waals surface area contributed by atoms with Crippen molar-refractivity contribution in [2.45, 2.75) is 19.8 Å². The van der Waals surface area contributed by atoms with Crippen LogP contribution in [0.5, 0.6) is 0 Å². The van der Waals surface area contributed by atoms with Gasteiger partial charge in [-0.15, -0.1) is 0 Å². The van der Waals surface area contributed by atoms with Crippen molar-refractivity contribution in [3.05, 3.63) is 35.4 Å². The van der Waals surface area contributed by atoms with Crippen molar-refractivity contribution >= 4 is 11.8 Å². The Morgan fingerprint density at radius 3 is 2.19 bits per heavy atom. The first-order valence-electron chi connectivity index (χ1n) is 7.12. The Morgan fingerprint density at radius 2 is 1.67 bits per heavy atom. The summed E-state index contributed by atoms with van der Waals surface area (Å²) >= 11 is 0. The third kappa shape index (κ3) is 4.06. The van der Waals surface area contributed by atoms with E-state index < -0.39 is 0 Å². The van der Waals surface area contributed by atoms with Crippen LogP contribution in [0.25, 0.3) is 0 Å². The summed E-state index contributed by atoms with van der Waals surface area (Å²) in [6, 6.07) is 9.39. The minimum absolute atomic E-state index is 0.0691. The molecule has 0 radical (unpaired) electrons. The number of hydrogen-bond donors (Lipinski definition) is 0. The van der Waals surface area contributed by atoms with E-state index in [0.29, 0.717) is 44.6 Å². The van der Waals surface area contributed by atoms with E-state index in [1.807, 2.05) is 17.0 Å². The molecular formula is C16H19N3O2. The minimum atomic E-state index is 0.0691. The average Bonchev–Trinajstić information content (AvgIpc) is 2.53. The van der Waals surface area contributed by atoms with Gasteiger partial charge in [-0.3, -0.25) is 9.59 Å². The molecule has 1 heterocycles. The number of carbonyl (C=O) groups is 2. The number of nitriles is 1. The van der Waals surface area contributed by atoms with Gasteiger partial charge in [0.05, 0.1) is 11.6 Å². The lowest BCUT2D eigenvalue weighted by atomic mass is 10.1. The average molecular weight is 285 g/mol. The highest BCUT2D eigenvalue weighted by atomic mass is 16.2. The highest BCUT2D eigenvalue weighted by molar-refractivity contribution is 5.77. The lowest BCUT2D eigenvalue weighted by molar-refractivity contribution is -0.138. The van der Waals surface area contributed by atoms with Gasteiger partial charge in [0.2, 0.25) is 11.8 Å². The summed E-state index contributed by atoms with van der Waals surface area (Å²) in [6.07, 6.45) is 1.14. The van der Waals surface area contributed by atoms with Crippen molar-refractivity contribution in [1.82, 2.24) is 9.80 Å². The lowest BCUT2D eigenvalue weighted by Crippen LogP contribution is -2.50. The number of hydrogen-bond acceptors (Lipinski definition) is 3. The molecule has 2 amide bonds. The van der Waals surface area contributed by atoms with Crippen molar-refractivity contribution in [2.24, 2.45) is 0 Å². The second-order valence-corrected chi connectivity index (χ2v) is 5.20. The summed E-state index contributed by atoms with van der Waals surface area (Å²) in [7, 11) is 0. The fraction of sp³-hybridized carbons (Fsp3) is 0.438. The molecule has 2 rings (SSSR count). The quantitative estimate of drug-likeness (QED) is 0.837. The summed E-state index contributed by atoms with van der Waals surface area (Å²) in [5.41, 5.74) is 1.69. The van der Waals surface area contributed by atoms with Crippen LogP contribution in [0.2, 0.25) is 0 Å². The van der Waals surface area contributed by atoms with Gasteiger partial charge in [0.1, 0.15) is 0 Å². The van der Waals surface area contributed by atoms with Gasteiger partial charge in [-0.1, -0.05) is 12.1 Å². The highest BCUT2D eigenvalue weighted by Crippen LogP contribution is 2.09. The lowest BCUT2D eigenvalue weighted by Gasteiger charge is -2.34. The van der Waals surface area contributed by atoms with Crippen molar-refractivity contribution in [1.29, 1.82) is 5.26 Å². The Morgan fingerprint density at radius 1 is 1.10 bits per heavy atom. The van der Waals surface area contributed by atoms with Gasteiger partial charge in [-0.25, -0.2) is 0 Å². The third-order valence-electron chi connectivity index (χ3n) is 3.79. The van der Waals surface area contributed by atoms with E-state index in [-0.39, 0.29) is 11.8 Å². The Balaban J connectivity index is 1.80. The molecule has 1 saturated heterocycles. The molecule has 0 spiro atoms. The molecule has 1 aliphatic rings. The first kappa shape index (κ1) is 15.0. The van der Waals surface area contributed by atoms with Crippen molar-refractivity contribution in [3.8, 4) is 6.07 Å². The number of rotatable bonds is 3. The third-order valence-corrected chi connectivity index (χ3v) is 3.79. The molecule has 0 bridgehead atoms. The molecule has 1 aliphatic heterocycles. The second kappa shape index (κ2) is 6.89. The van der Waals surface area contributed by atoms with E-state index in [1.54, 1.807) is 24.0 Å². The first-order chi connectivity index (χ1) is 10.1. The largest absolute Gasteiger partial charge is 0.339 e. The van der Waals surface area contributed by atoms with Crippen molar-refractivity contribution < 1.29 is 9.59 Å². The zero-order valence-electron chi connectivity index (χ0n) is 12.2. The standard InChI is InChI=1S/C16H19N3O2/c1-13(20)18-8-10-19(11-9-18)16(21)7-6-14-2-4-15(12-17)5-3-14/h2-5H,6-11H2,1H3. The zero-order chi connectivity index (χ0) is 15.2. The topological polar surface area (TPSA) is 64.4 Å². The molecule has 1 aromatic carbocycles. The number of carbonyl (C=O) groups excluding carboxylic acids is 2. The van der Waals surface area contributed by atoms with Gasteiger partial charge in [0, 0.05) is 39.5 Å². The summed E-state index contributed by atoms with van der Waals surface area (Å²) in [5.74, 6) is 0.197. The molecule has 0 atom stereocenters. The van der Waals surface area contributed by atoms with Crippen molar-refractivity contribution in [3.63, 3.8) is 0 Å². The molecule has 0 aliphatic carbocycles. The van der Waals surface area contributed by atoms with E-state index in [4.69, 9.17) is 5.26 Å². The fourth-order valence-electron chi connectivity index (χ4n) is 2.43. The van der Waals surface area contributed by atoms with Crippen LogP contribution >= 0.6 is 0 Å². The van der Waals surface area contributed by atoms with Crippen LogP contribution in [0.4, 0.5) is 0 Å². The Hall–Kier alpha value is -2.35. The molecule has 5 nitrogen and oxygen atoms in total. The normalized spacial score (nSPS) is 14.7. The predicted molar refractivity (Wildman–Crippen MR) is 78.3 cm³/mol. The molecule has 0 saturated carbocycles. The van der Waals surface area contributed by atoms with Crippen molar-refractivity contribution in [2.75, 3.05) is 26.2 Å². The summed E-state index contributed by atoms with van der Waals surface area (Å²) in [5, 5.41) is 8.74. The van der Waals surface area contributed by atoms with Gasteiger partial charge in [0.15, 0.2) is 0 Å². The number of benzene rings is 1. The summed E-state index contributed by atoms with van der Waals surface area (Å²) in [6.45, 7) is 4.04. The molecular weight excluding hydrogens is 266 g/mol. The van der Waals surface area contributed by atoms with Crippen LogP contribution in [0.15, 0.2) is 24.3 Å². The van der Waals surface area contributed by atoms with Crippen LogP contribution in [0, 0.1) is 11.3 Å². The Bertz CT molecular complexity index is 552. The molecule has 110 valence electrons. The molecule has 5 heteroatoms. The SMILES string of the molecule is CC(=O)N1CCN(C(=O)CCc2ccc(C#N)cc2)CC1. The maximum absolute atomic E-state index is 12.1. The van der Waals surface area contributed by atoms with Gasteiger partial charge in [0.25, 0.3) is 0 Å². The number of amides is 2. The zero-order valence-corrected chi connectivity index (χ0v) is 12.2. The van der Waals surface area contributed by atoms with Gasteiger partial charge in [-0.05, 0) is 24.1 Å². The smallest absolute Gasteiger partial charge is 0.223 e. The van der Waals surface area contributed by atoms with Crippen LogP contribution in [-0.4, -0.2) is 47.8 Å². The van der Waals surface area contributed by atoms with Gasteiger partial charge >= 0.3 is 0 Å². The van der Waals surface area contributed by atoms with Crippen LogP contribution in [-0.2, 0) is 16.0 Å². The minimum Gasteiger partial charge on any atom is -0.339 e. The number of aryl methyl sites for hydroxylation is 1. The first-order valence-corrected chi connectivity index (χ1v) is 7.12. The van der Waals surface area contributed by atoms with Gasteiger partial charge in [-0.2, -0.15) is 5.26 Å². The molecule has 1 aromatic rings. The number of piperazine rings is 1. The predicted octanol–water partition coefficient (Wildman–Crippen LogP) is 1.18. The highest BCUT2D eigenvalue weighted by Gasteiger charge is 2.21. The maximum Gasteiger partial charge on any atom is 0.223 e. The molecule has 0 aromatic heterocycles. The van der Waals surface area contributed by atoms with E-state index in [1.165, 1.54) is 0 Å². The van der Waals surface area contributed by atoms with Crippen LogP contribution in [0.1, 0.15) is 24.5 Å². The Labute approximate surface area is 124 Å². The van der Waals surface area contributed by atoms with Crippen LogP contribution in [0.3, 0.4) is 0 Å². The van der Waals surface area contributed by atoms with Gasteiger partial charge < -0.3 is 9.80 Å². The Kier molecular flexibility index (Phi) is 4.94. The van der Waals surface area contributed by atoms with Crippen LogP contribution < -0.4 is 0 Å². The number of nitrogens with zero attached hydrogens (tertiary/aromatic N) is 3. The summed E-state index contributed by atoms with van der Waals surface area (Å²) < 4.78 is 0. The monoisotopic (exact) mass is 285 g/mol. The fourth-order valence-corrected chi connectivity index (χ4v) is 2.43. The van der Waals surface area contributed by atoms with E-state index in [9.17, 15) is 9.59 Å². The van der Waals surface area contributed by atoms with E-state index in [0.717, 1.165) is 5.56 Å². The molecule has 0 unspecified atom stereocenters. The second-order valence-electron chi connectivity index (χ2n) is 5.20. The molecule has 0 N–H and O–H groups in total. The van der Waals surface area contributed by atoms with E-state index in [2.05, 4.69) is 6.07 Å².